The predicted octanol–water partition coefficient (Wildman–Crippen LogP) is 3.31. The molecule has 3 nitrogen and oxygen atoms in total. The van der Waals surface area contributed by atoms with Gasteiger partial charge >= 0.3 is 0 Å². The van der Waals surface area contributed by atoms with Crippen molar-refractivity contribution in [1.82, 2.24) is 9.97 Å². The van der Waals surface area contributed by atoms with Crippen LogP contribution in [-0.4, -0.2) is 9.97 Å². The Hall–Kier alpha value is -1.73. The van der Waals surface area contributed by atoms with Gasteiger partial charge < -0.3 is 0 Å². The Kier molecular flexibility index (Phi) is 2.95. The van der Waals surface area contributed by atoms with E-state index in [4.69, 9.17) is 5.26 Å². The third-order valence-electron chi connectivity index (χ3n) is 2.56. The minimum atomic E-state index is -0.527. The molecular formula is C13H13N3S. The van der Waals surface area contributed by atoms with Crippen LogP contribution in [0.15, 0.2) is 24.5 Å². The van der Waals surface area contributed by atoms with E-state index in [2.05, 4.69) is 16.0 Å². The van der Waals surface area contributed by atoms with Crippen LogP contribution in [0.25, 0.3) is 11.3 Å². The van der Waals surface area contributed by atoms with E-state index in [0.717, 1.165) is 21.1 Å². The predicted molar refractivity (Wildman–Crippen MR) is 68.7 cm³/mol. The standard InChI is InChI=1S/C13H13N3S/c1-9-11(10-4-6-15-7-5-10)16-12(17-9)13(2,3)8-14/h4-7H,1-3H3. The zero-order valence-electron chi connectivity index (χ0n) is 10.1. The minimum Gasteiger partial charge on any atom is -0.265 e. The molecular weight excluding hydrogens is 230 g/mol. The molecule has 2 aromatic heterocycles. The molecule has 0 saturated carbocycles. The topological polar surface area (TPSA) is 49.6 Å². The first kappa shape index (κ1) is 11.7. The van der Waals surface area contributed by atoms with Crippen LogP contribution in [0.3, 0.4) is 0 Å². The van der Waals surface area contributed by atoms with Gasteiger partial charge in [-0.3, -0.25) is 4.98 Å². The highest BCUT2D eigenvalue weighted by Crippen LogP contribution is 2.33. The second-order valence-electron chi connectivity index (χ2n) is 4.40. The van der Waals surface area contributed by atoms with Gasteiger partial charge in [0.25, 0.3) is 0 Å². The number of pyridine rings is 1. The smallest absolute Gasteiger partial charge is 0.113 e. The molecule has 0 atom stereocenters. The Labute approximate surface area is 105 Å². The normalized spacial score (nSPS) is 11.2. The van der Waals surface area contributed by atoms with Crippen molar-refractivity contribution in [2.75, 3.05) is 0 Å². The molecule has 0 amide bonds. The average Bonchev–Trinajstić information content (AvgIpc) is 2.73. The van der Waals surface area contributed by atoms with Gasteiger partial charge in [-0.1, -0.05) is 0 Å². The van der Waals surface area contributed by atoms with Gasteiger partial charge in [-0.2, -0.15) is 5.26 Å². The molecule has 0 aliphatic heterocycles. The lowest BCUT2D eigenvalue weighted by molar-refractivity contribution is 0.680. The molecule has 0 aliphatic carbocycles. The van der Waals surface area contributed by atoms with Crippen LogP contribution in [0.1, 0.15) is 23.7 Å². The van der Waals surface area contributed by atoms with Crippen LogP contribution < -0.4 is 0 Å². The Balaban J connectivity index is 2.50. The van der Waals surface area contributed by atoms with E-state index in [-0.39, 0.29) is 0 Å². The second kappa shape index (κ2) is 4.27. The van der Waals surface area contributed by atoms with E-state index < -0.39 is 5.41 Å². The number of aromatic nitrogens is 2. The van der Waals surface area contributed by atoms with Gasteiger partial charge in [0.15, 0.2) is 0 Å². The number of aryl methyl sites for hydroxylation is 1. The van der Waals surface area contributed by atoms with Gasteiger partial charge in [-0.25, -0.2) is 4.98 Å². The van der Waals surface area contributed by atoms with Gasteiger partial charge in [0.1, 0.15) is 10.4 Å². The number of hydrogen-bond acceptors (Lipinski definition) is 4. The molecule has 0 N–H and O–H groups in total. The summed E-state index contributed by atoms with van der Waals surface area (Å²) >= 11 is 1.59. The minimum absolute atomic E-state index is 0.527. The van der Waals surface area contributed by atoms with Gasteiger partial charge in [0, 0.05) is 22.8 Å². The monoisotopic (exact) mass is 243 g/mol. The summed E-state index contributed by atoms with van der Waals surface area (Å²) < 4.78 is 0. The van der Waals surface area contributed by atoms with Crippen molar-refractivity contribution in [3.05, 3.63) is 34.4 Å². The lowest BCUT2D eigenvalue weighted by Crippen LogP contribution is -2.13. The van der Waals surface area contributed by atoms with E-state index in [0.29, 0.717) is 0 Å². The summed E-state index contributed by atoms with van der Waals surface area (Å²) in [5, 5.41) is 9.99. The molecule has 2 aromatic rings. The molecule has 0 fully saturated rings. The van der Waals surface area contributed by atoms with Crippen LogP contribution >= 0.6 is 11.3 Å². The number of rotatable bonds is 2. The van der Waals surface area contributed by atoms with E-state index >= 15 is 0 Å². The Morgan fingerprint density at radius 1 is 1.29 bits per heavy atom. The Morgan fingerprint density at radius 2 is 1.94 bits per heavy atom. The highest BCUT2D eigenvalue weighted by molar-refractivity contribution is 7.12. The van der Waals surface area contributed by atoms with Crippen molar-refractivity contribution in [2.45, 2.75) is 26.2 Å². The van der Waals surface area contributed by atoms with Crippen LogP contribution in [0.5, 0.6) is 0 Å². The summed E-state index contributed by atoms with van der Waals surface area (Å²) in [5.74, 6) is 0. The number of nitrogens with zero attached hydrogens (tertiary/aromatic N) is 3. The molecule has 4 heteroatoms. The first-order valence-electron chi connectivity index (χ1n) is 5.34. The Bertz CT molecular complexity index is 564. The first-order chi connectivity index (χ1) is 8.04. The molecule has 17 heavy (non-hydrogen) atoms. The molecule has 0 bridgehead atoms. The number of hydrogen-bond donors (Lipinski definition) is 0. The summed E-state index contributed by atoms with van der Waals surface area (Å²) in [5.41, 5.74) is 1.48. The summed E-state index contributed by atoms with van der Waals surface area (Å²) in [6.45, 7) is 5.81. The van der Waals surface area contributed by atoms with E-state index in [9.17, 15) is 0 Å². The molecule has 2 heterocycles. The largest absolute Gasteiger partial charge is 0.265 e. The zero-order chi connectivity index (χ0) is 12.5. The van der Waals surface area contributed by atoms with Gasteiger partial charge in [-0.05, 0) is 32.9 Å². The van der Waals surface area contributed by atoms with E-state index in [1.807, 2.05) is 32.9 Å². The summed E-state index contributed by atoms with van der Waals surface area (Å²) in [6.07, 6.45) is 3.51. The van der Waals surface area contributed by atoms with Crippen molar-refractivity contribution in [3.63, 3.8) is 0 Å². The molecule has 0 aromatic carbocycles. The average molecular weight is 243 g/mol. The Morgan fingerprint density at radius 3 is 2.53 bits per heavy atom. The lowest BCUT2D eigenvalue weighted by Gasteiger charge is -2.09. The van der Waals surface area contributed by atoms with Crippen molar-refractivity contribution in [3.8, 4) is 17.3 Å². The molecule has 0 saturated heterocycles. The molecule has 2 rings (SSSR count). The van der Waals surface area contributed by atoms with Gasteiger partial charge in [-0.15, -0.1) is 11.3 Å². The van der Waals surface area contributed by atoms with Gasteiger partial charge in [0.2, 0.25) is 0 Å². The lowest BCUT2D eigenvalue weighted by atomic mass is 9.97. The third-order valence-corrected chi connectivity index (χ3v) is 3.86. The fourth-order valence-corrected chi connectivity index (χ4v) is 2.48. The van der Waals surface area contributed by atoms with E-state index in [1.54, 1.807) is 23.7 Å². The first-order valence-corrected chi connectivity index (χ1v) is 6.16. The highest BCUT2D eigenvalue weighted by Gasteiger charge is 2.25. The summed E-state index contributed by atoms with van der Waals surface area (Å²) in [4.78, 5) is 9.72. The SMILES string of the molecule is Cc1sc(C(C)(C)C#N)nc1-c1ccncc1. The van der Waals surface area contributed by atoms with Crippen molar-refractivity contribution >= 4 is 11.3 Å². The highest BCUT2D eigenvalue weighted by atomic mass is 32.1. The number of nitriles is 1. The van der Waals surface area contributed by atoms with Crippen LogP contribution in [0, 0.1) is 18.3 Å². The van der Waals surface area contributed by atoms with Crippen molar-refractivity contribution < 1.29 is 0 Å². The summed E-state index contributed by atoms with van der Waals surface area (Å²) in [7, 11) is 0. The zero-order valence-corrected chi connectivity index (χ0v) is 10.9. The molecule has 0 unspecified atom stereocenters. The fourth-order valence-electron chi connectivity index (χ4n) is 1.49. The maximum atomic E-state index is 9.12. The van der Waals surface area contributed by atoms with Crippen molar-refractivity contribution in [1.29, 1.82) is 5.26 Å². The maximum absolute atomic E-state index is 9.12. The molecule has 0 radical (unpaired) electrons. The third kappa shape index (κ3) is 2.20. The number of thiazole rings is 1. The molecule has 86 valence electrons. The van der Waals surface area contributed by atoms with Gasteiger partial charge in [0.05, 0.1) is 11.8 Å². The molecule has 0 spiro atoms. The molecule has 0 aliphatic rings. The van der Waals surface area contributed by atoms with Crippen LogP contribution in [0.2, 0.25) is 0 Å². The summed E-state index contributed by atoms with van der Waals surface area (Å²) in [6, 6.07) is 6.16. The van der Waals surface area contributed by atoms with E-state index in [1.165, 1.54) is 0 Å². The quantitative estimate of drug-likeness (QED) is 0.813. The fraction of sp³-hybridized carbons (Fsp3) is 0.308. The second-order valence-corrected chi connectivity index (χ2v) is 5.60. The van der Waals surface area contributed by atoms with Crippen LogP contribution in [0.4, 0.5) is 0 Å². The van der Waals surface area contributed by atoms with Crippen LogP contribution in [-0.2, 0) is 5.41 Å². The maximum Gasteiger partial charge on any atom is 0.113 e. The van der Waals surface area contributed by atoms with Crippen molar-refractivity contribution in [2.24, 2.45) is 0 Å².